The number of unbranched alkanes of at least 4 members (excludes halogenated alkanes) is 1. The molecule has 0 aliphatic carbocycles. The van der Waals surface area contributed by atoms with Gasteiger partial charge >= 0.3 is 0 Å². The first-order chi connectivity index (χ1) is 5.75. The Kier molecular flexibility index (Phi) is 3.63. The highest BCUT2D eigenvalue weighted by Gasteiger charge is 2.11. The van der Waals surface area contributed by atoms with Crippen molar-refractivity contribution in [1.82, 2.24) is 0 Å². The van der Waals surface area contributed by atoms with E-state index in [0.717, 1.165) is 24.8 Å². The molecule has 1 unspecified atom stereocenters. The Labute approximate surface area is 77.7 Å². The van der Waals surface area contributed by atoms with Crippen molar-refractivity contribution in [3.05, 3.63) is 23.1 Å². The maximum Gasteiger partial charge on any atom is 0.197 e. The van der Waals surface area contributed by atoms with Crippen LogP contribution >= 0.6 is 11.6 Å². The first kappa shape index (κ1) is 9.62. The van der Waals surface area contributed by atoms with Crippen LogP contribution in [0.4, 0.5) is 0 Å². The average Bonchev–Trinajstić information content (AvgIpc) is 2.47. The fourth-order valence-corrected chi connectivity index (χ4v) is 1.40. The topological polar surface area (TPSA) is 39.2 Å². The largest absolute Gasteiger partial charge is 0.453 e. The van der Waals surface area contributed by atoms with E-state index in [4.69, 9.17) is 21.8 Å². The normalized spacial score (nSPS) is 13.2. The maximum absolute atomic E-state index is 5.88. The molecule has 12 heavy (non-hydrogen) atoms. The van der Waals surface area contributed by atoms with Crippen LogP contribution in [0.5, 0.6) is 0 Å². The van der Waals surface area contributed by atoms with Crippen LogP contribution in [0.1, 0.15) is 37.8 Å². The minimum atomic E-state index is 0.0243. The van der Waals surface area contributed by atoms with Gasteiger partial charge in [0.2, 0.25) is 0 Å². The summed E-state index contributed by atoms with van der Waals surface area (Å²) >= 11 is 5.77. The molecule has 1 atom stereocenters. The molecule has 2 N–H and O–H groups in total. The summed E-state index contributed by atoms with van der Waals surface area (Å²) < 4.78 is 4.95. The Bertz CT molecular complexity index is 234. The summed E-state index contributed by atoms with van der Waals surface area (Å²) in [7, 11) is 0. The third-order valence-corrected chi connectivity index (χ3v) is 2.22. The zero-order valence-electron chi connectivity index (χ0n) is 7.22. The molecule has 3 heteroatoms. The third kappa shape index (κ3) is 2.26. The highest BCUT2D eigenvalue weighted by Crippen LogP contribution is 2.25. The summed E-state index contributed by atoms with van der Waals surface area (Å²) in [6.45, 7) is 2.14. The van der Waals surface area contributed by atoms with E-state index >= 15 is 0 Å². The maximum atomic E-state index is 5.88. The second-order valence-corrected chi connectivity index (χ2v) is 3.24. The molecule has 0 spiro atoms. The second-order valence-electron chi connectivity index (χ2n) is 2.90. The standard InChI is InChI=1S/C9H14ClNO/c1-2-3-4-8(11)7-5-6-12-9(7)10/h5-6,8H,2-4,11H2,1H3. The summed E-state index contributed by atoms with van der Waals surface area (Å²) in [6, 6.07) is 1.86. The lowest BCUT2D eigenvalue weighted by Crippen LogP contribution is -2.09. The van der Waals surface area contributed by atoms with E-state index in [-0.39, 0.29) is 6.04 Å². The Balaban J connectivity index is 2.52. The first-order valence-electron chi connectivity index (χ1n) is 4.24. The summed E-state index contributed by atoms with van der Waals surface area (Å²) in [5.41, 5.74) is 6.80. The van der Waals surface area contributed by atoms with Crippen LogP contribution in [0.25, 0.3) is 0 Å². The SMILES string of the molecule is CCCCC(N)c1ccoc1Cl. The highest BCUT2D eigenvalue weighted by atomic mass is 35.5. The number of hydrogen-bond acceptors (Lipinski definition) is 2. The smallest absolute Gasteiger partial charge is 0.197 e. The van der Waals surface area contributed by atoms with E-state index in [1.165, 1.54) is 0 Å². The fraction of sp³-hybridized carbons (Fsp3) is 0.556. The van der Waals surface area contributed by atoms with E-state index in [1.807, 2.05) is 6.07 Å². The Morgan fingerprint density at radius 1 is 1.67 bits per heavy atom. The molecule has 0 aliphatic rings. The van der Waals surface area contributed by atoms with Crippen molar-refractivity contribution < 1.29 is 4.42 Å². The summed E-state index contributed by atoms with van der Waals surface area (Å²) in [6.07, 6.45) is 4.82. The van der Waals surface area contributed by atoms with Crippen LogP contribution in [0, 0.1) is 0 Å². The van der Waals surface area contributed by atoms with Crippen LogP contribution in [0.2, 0.25) is 5.22 Å². The van der Waals surface area contributed by atoms with Crippen molar-refractivity contribution in [2.24, 2.45) is 5.73 Å². The van der Waals surface area contributed by atoms with Gasteiger partial charge in [0.25, 0.3) is 0 Å². The monoisotopic (exact) mass is 187 g/mol. The molecular weight excluding hydrogens is 174 g/mol. The van der Waals surface area contributed by atoms with Gasteiger partial charge in [-0.05, 0) is 24.1 Å². The van der Waals surface area contributed by atoms with Gasteiger partial charge in [-0.15, -0.1) is 0 Å². The molecule has 0 aliphatic heterocycles. The van der Waals surface area contributed by atoms with Crippen molar-refractivity contribution in [2.75, 3.05) is 0 Å². The summed E-state index contributed by atoms with van der Waals surface area (Å²) in [5, 5.41) is 0.429. The molecule has 0 amide bonds. The molecule has 68 valence electrons. The third-order valence-electron chi connectivity index (χ3n) is 1.91. The van der Waals surface area contributed by atoms with E-state index in [9.17, 15) is 0 Å². The zero-order chi connectivity index (χ0) is 8.97. The number of furan rings is 1. The Morgan fingerprint density at radius 3 is 2.92 bits per heavy atom. The fourth-order valence-electron chi connectivity index (χ4n) is 1.15. The van der Waals surface area contributed by atoms with Gasteiger partial charge in [-0.3, -0.25) is 0 Å². The minimum Gasteiger partial charge on any atom is -0.453 e. The summed E-state index contributed by atoms with van der Waals surface area (Å²) in [5.74, 6) is 0. The number of nitrogens with two attached hydrogens (primary N) is 1. The lowest BCUT2D eigenvalue weighted by molar-refractivity contribution is 0.551. The molecule has 1 heterocycles. The molecule has 0 saturated carbocycles. The number of hydrogen-bond donors (Lipinski definition) is 1. The molecule has 0 bridgehead atoms. The van der Waals surface area contributed by atoms with Crippen molar-refractivity contribution in [1.29, 1.82) is 0 Å². The Hall–Kier alpha value is -0.470. The van der Waals surface area contributed by atoms with Gasteiger partial charge in [0.15, 0.2) is 5.22 Å². The van der Waals surface area contributed by atoms with Gasteiger partial charge in [-0.25, -0.2) is 0 Å². The number of rotatable bonds is 4. The van der Waals surface area contributed by atoms with E-state index < -0.39 is 0 Å². The lowest BCUT2D eigenvalue weighted by atomic mass is 10.1. The Morgan fingerprint density at radius 2 is 2.42 bits per heavy atom. The highest BCUT2D eigenvalue weighted by molar-refractivity contribution is 6.29. The molecule has 0 fully saturated rings. The second kappa shape index (κ2) is 4.53. The zero-order valence-corrected chi connectivity index (χ0v) is 7.97. The van der Waals surface area contributed by atoms with Crippen LogP contribution in [0.3, 0.4) is 0 Å². The number of halogens is 1. The van der Waals surface area contributed by atoms with Crippen LogP contribution in [0.15, 0.2) is 16.7 Å². The van der Waals surface area contributed by atoms with Crippen molar-refractivity contribution in [2.45, 2.75) is 32.2 Å². The molecule has 0 aromatic carbocycles. The molecule has 1 aromatic heterocycles. The van der Waals surface area contributed by atoms with E-state index in [0.29, 0.717) is 5.22 Å². The van der Waals surface area contributed by atoms with Crippen molar-refractivity contribution in [3.8, 4) is 0 Å². The molecule has 0 radical (unpaired) electrons. The predicted molar refractivity (Wildman–Crippen MR) is 50.2 cm³/mol. The van der Waals surface area contributed by atoms with E-state index in [2.05, 4.69) is 6.92 Å². The van der Waals surface area contributed by atoms with E-state index in [1.54, 1.807) is 6.26 Å². The average molecular weight is 188 g/mol. The molecule has 0 saturated heterocycles. The predicted octanol–water partition coefficient (Wildman–Crippen LogP) is 3.12. The van der Waals surface area contributed by atoms with Gasteiger partial charge in [0, 0.05) is 11.6 Å². The molecule has 2 nitrogen and oxygen atoms in total. The lowest BCUT2D eigenvalue weighted by Gasteiger charge is -2.07. The van der Waals surface area contributed by atoms with Gasteiger partial charge in [0.1, 0.15) is 0 Å². The van der Waals surface area contributed by atoms with Gasteiger partial charge in [-0.2, -0.15) is 0 Å². The van der Waals surface area contributed by atoms with Gasteiger partial charge in [-0.1, -0.05) is 19.8 Å². The van der Waals surface area contributed by atoms with Gasteiger partial charge < -0.3 is 10.2 Å². The summed E-state index contributed by atoms with van der Waals surface area (Å²) in [4.78, 5) is 0. The first-order valence-corrected chi connectivity index (χ1v) is 4.62. The molecular formula is C9H14ClNO. The van der Waals surface area contributed by atoms with Crippen LogP contribution in [-0.2, 0) is 0 Å². The minimum absolute atomic E-state index is 0.0243. The van der Waals surface area contributed by atoms with Crippen LogP contribution in [-0.4, -0.2) is 0 Å². The van der Waals surface area contributed by atoms with Crippen LogP contribution < -0.4 is 5.73 Å². The van der Waals surface area contributed by atoms with Gasteiger partial charge in [0.05, 0.1) is 6.26 Å². The van der Waals surface area contributed by atoms with Crippen molar-refractivity contribution >= 4 is 11.6 Å². The van der Waals surface area contributed by atoms with Crippen molar-refractivity contribution in [3.63, 3.8) is 0 Å². The quantitative estimate of drug-likeness (QED) is 0.787. The molecule has 1 rings (SSSR count). The molecule has 1 aromatic rings.